The lowest BCUT2D eigenvalue weighted by atomic mass is 10.0. The van der Waals surface area contributed by atoms with Crippen molar-refractivity contribution in [3.8, 4) is 6.07 Å². The minimum Gasteiger partial charge on any atom is -0.481 e. The van der Waals surface area contributed by atoms with E-state index in [4.69, 9.17) is 14.7 Å². The first-order valence-corrected chi connectivity index (χ1v) is 9.02. The molecular weight excluding hydrogens is 417 g/mol. The standard InChI is InChI=1S/C20H17F3N4O4/c1-10(13-5-12(9-24)6-14(7-13)20(21,22)23)25-18-17(19-30-3-4-31-19)15(8-16(28)29)26-11(2)27-18/h3-7,10,19H,8H2,1-2H3,(H,28,29)(H,25,26,27)/t10-/m1/s1. The number of hydrogen-bond acceptors (Lipinski definition) is 7. The average Bonchev–Trinajstić information content (AvgIpc) is 3.20. The van der Waals surface area contributed by atoms with Gasteiger partial charge in [0.05, 0.1) is 40.9 Å². The van der Waals surface area contributed by atoms with Crippen LogP contribution in [0.4, 0.5) is 19.0 Å². The molecule has 162 valence electrons. The molecule has 1 aromatic carbocycles. The number of rotatable bonds is 6. The zero-order valence-corrected chi connectivity index (χ0v) is 16.4. The van der Waals surface area contributed by atoms with Gasteiger partial charge in [0.15, 0.2) is 0 Å². The van der Waals surface area contributed by atoms with Crippen LogP contribution >= 0.6 is 0 Å². The number of nitrogens with zero attached hydrogens (tertiary/aromatic N) is 3. The summed E-state index contributed by atoms with van der Waals surface area (Å²) < 4.78 is 50.3. The molecule has 2 aromatic rings. The Kier molecular flexibility index (Phi) is 6.01. The molecule has 3 rings (SSSR count). The molecule has 11 heteroatoms. The summed E-state index contributed by atoms with van der Waals surface area (Å²) in [6.07, 6.45) is -3.53. The first-order valence-electron chi connectivity index (χ1n) is 9.02. The van der Waals surface area contributed by atoms with Crippen LogP contribution in [0.5, 0.6) is 0 Å². The van der Waals surface area contributed by atoms with Gasteiger partial charge in [0.1, 0.15) is 24.2 Å². The van der Waals surface area contributed by atoms with Gasteiger partial charge in [-0.15, -0.1) is 0 Å². The third-order valence-electron chi connectivity index (χ3n) is 4.42. The molecule has 0 saturated heterocycles. The van der Waals surface area contributed by atoms with E-state index in [9.17, 15) is 23.1 Å². The van der Waals surface area contributed by atoms with Crippen molar-refractivity contribution in [2.75, 3.05) is 5.32 Å². The van der Waals surface area contributed by atoms with Crippen LogP contribution in [0.25, 0.3) is 0 Å². The number of carboxylic acid groups (broad SMARTS) is 1. The van der Waals surface area contributed by atoms with Gasteiger partial charge in [-0.3, -0.25) is 4.79 Å². The van der Waals surface area contributed by atoms with Crippen LogP contribution in [-0.2, 0) is 26.9 Å². The molecule has 31 heavy (non-hydrogen) atoms. The van der Waals surface area contributed by atoms with E-state index in [1.165, 1.54) is 18.6 Å². The Morgan fingerprint density at radius 2 is 1.97 bits per heavy atom. The van der Waals surface area contributed by atoms with Gasteiger partial charge in [0.2, 0.25) is 0 Å². The largest absolute Gasteiger partial charge is 0.481 e. The Hall–Kier alpha value is -3.81. The average molecular weight is 434 g/mol. The van der Waals surface area contributed by atoms with Crippen molar-refractivity contribution < 1.29 is 32.5 Å². The third kappa shape index (κ3) is 5.03. The fraction of sp³-hybridized carbons (Fsp3) is 0.300. The quantitative estimate of drug-likeness (QED) is 0.701. The first kappa shape index (κ1) is 21.9. The highest BCUT2D eigenvalue weighted by molar-refractivity contribution is 5.71. The molecule has 0 amide bonds. The molecule has 1 aliphatic rings. The number of ether oxygens (including phenoxy) is 2. The molecule has 1 aliphatic heterocycles. The number of anilines is 1. The molecule has 8 nitrogen and oxygen atoms in total. The second kappa shape index (κ2) is 8.51. The second-order valence-corrected chi connectivity index (χ2v) is 6.75. The summed E-state index contributed by atoms with van der Waals surface area (Å²) >= 11 is 0. The summed E-state index contributed by atoms with van der Waals surface area (Å²) in [5, 5.41) is 21.3. The molecule has 0 radical (unpaired) electrons. The lowest BCUT2D eigenvalue weighted by Gasteiger charge is -2.22. The minimum atomic E-state index is -4.62. The zero-order valence-electron chi connectivity index (χ0n) is 16.4. The number of halogens is 3. The SMILES string of the molecule is Cc1nc(CC(=O)O)c(C2OC=CO2)c(N[C@H](C)c2cc(C#N)cc(C(F)(F)F)c2)n1. The van der Waals surface area contributed by atoms with Crippen molar-refractivity contribution >= 4 is 11.8 Å². The van der Waals surface area contributed by atoms with Crippen molar-refractivity contribution in [3.05, 3.63) is 64.5 Å². The number of nitrogens with one attached hydrogen (secondary N) is 1. The zero-order chi connectivity index (χ0) is 22.8. The van der Waals surface area contributed by atoms with E-state index in [0.29, 0.717) is 0 Å². The van der Waals surface area contributed by atoms with Gasteiger partial charge in [0.25, 0.3) is 6.29 Å². The molecular formula is C20H17F3N4O4. The van der Waals surface area contributed by atoms with Crippen LogP contribution in [-0.4, -0.2) is 21.0 Å². The van der Waals surface area contributed by atoms with Gasteiger partial charge < -0.3 is 19.9 Å². The van der Waals surface area contributed by atoms with Crippen LogP contribution in [0.1, 0.15) is 53.0 Å². The Morgan fingerprint density at radius 1 is 1.29 bits per heavy atom. The Balaban J connectivity index is 2.03. The van der Waals surface area contributed by atoms with Gasteiger partial charge in [-0.05, 0) is 37.6 Å². The summed E-state index contributed by atoms with van der Waals surface area (Å²) in [6, 6.07) is 4.05. The number of aromatic nitrogens is 2. The number of aliphatic carboxylic acids is 1. The molecule has 1 aromatic heterocycles. The highest BCUT2D eigenvalue weighted by Crippen LogP contribution is 2.35. The van der Waals surface area contributed by atoms with E-state index < -0.39 is 36.5 Å². The fourth-order valence-corrected chi connectivity index (χ4v) is 3.07. The molecule has 0 fully saturated rings. The second-order valence-electron chi connectivity index (χ2n) is 6.75. The number of aryl methyl sites for hydroxylation is 1. The number of carbonyl (C=O) groups is 1. The lowest BCUT2D eigenvalue weighted by molar-refractivity contribution is -0.138. The van der Waals surface area contributed by atoms with Gasteiger partial charge in [-0.1, -0.05) is 0 Å². The summed E-state index contributed by atoms with van der Waals surface area (Å²) in [6.45, 7) is 3.14. The van der Waals surface area contributed by atoms with Gasteiger partial charge in [0, 0.05) is 0 Å². The van der Waals surface area contributed by atoms with Crippen molar-refractivity contribution in [2.45, 2.75) is 38.8 Å². The number of alkyl halides is 3. The molecule has 0 spiro atoms. The molecule has 0 bridgehead atoms. The van der Waals surface area contributed by atoms with E-state index >= 15 is 0 Å². The summed E-state index contributed by atoms with van der Waals surface area (Å²) in [5.41, 5.74) is -0.537. The predicted molar refractivity (Wildman–Crippen MR) is 100 cm³/mol. The first-order chi connectivity index (χ1) is 14.6. The van der Waals surface area contributed by atoms with E-state index in [1.54, 1.807) is 19.9 Å². The number of nitriles is 1. The summed E-state index contributed by atoms with van der Waals surface area (Å²) in [7, 11) is 0. The predicted octanol–water partition coefficient (Wildman–Crippen LogP) is 3.99. The molecule has 0 saturated carbocycles. The van der Waals surface area contributed by atoms with Crippen LogP contribution in [0, 0.1) is 18.3 Å². The number of hydrogen-bond donors (Lipinski definition) is 2. The Labute approximate surface area is 175 Å². The van der Waals surface area contributed by atoms with Gasteiger partial charge >= 0.3 is 12.1 Å². The summed E-state index contributed by atoms with van der Waals surface area (Å²) in [4.78, 5) is 19.7. The van der Waals surface area contributed by atoms with Crippen LogP contribution < -0.4 is 5.32 Å². The maximum atomic E-state index is 13.2. The molecule has 2 N–H and O–H groups in total. The molecule has 1 atom stereocenters. The number of carboxylic acids is 1. The van der Waals surface area contributed by atoms with Gasteiger partial charge in [-0.2, -0.15) is 18.4 Å². The highest BCUT2D eigenvalue weighted by atomic mass is 19.4. The van der Waals surface area contributed by atoms with E-state index in [-0.39, 0.29) is 34.0 Å². The minimum absolute atomic E-state index is 0.143. The maximum Gasteiger partial charge on any atom is 0.416 e. The van der Waals surface area contributed by atoms with Crippen molar-refractivity contribution in [3.63, 3.8) is 0 Å². The highest BCUT2D eigenvalue weighted by Gasteiger charge is 2.32. The summed E-state index contributed by atoms with van der Waals surface area (Å²) in [5.74, 6) is -0.732. The van der Waals surface area contributed by atoms with Crippen molar-refractivity contribution in [1.82, 2.24) is 9.97 Å². The van der Waals surface area contributed by atoms with E-state index in [0.717, 1.165) is 12.1 Å². The smallest absolute Gasteiger partial charge is 0.416 e. The molecule has 0 aliphatic carbocycles. The maximum absolute atomic E-state index is 13.2. The normalized spacial score (nSPS) is 14.5. The van der Waals surface area contributed by atoms with E-state index in [2.05, 4.69) is 15.3 Å². The lowest BCUT2D eigenvalue weighted by Crippen LogP contribution is -2.18. The van der Waals surface area contributed by atoms with Crippen molar-refractivity contribution in [2.24, 2.45) is 0 Å². The number of benzene rings is 1. The third-order valence-corrected chi connectivity index (χ3v) is 4.42. The fourth-order valence-electron chi connectivity index (χ4n) is 3.07. The van der Waals surface area contributed by atoms with Crippen molar-refractivity contribution in [1.29, 1.82) is 5.26 Å². The van der Waals surface area contributed by atoms with Crippen LogP contribution in [0.3, 0.4) is 0 Å². The topological polar surface area (TPSA) is 117 Å². The molecule has 2 heterocycles. The Bertz CT molecular complexity index is 1070. The van der Waals surface area contributed by atoms with Crippen LogP contribution in [0.15, 0.2) is 30.7 Å². The monoisotopic (exact) mass is 434 g/mol. The molecule has 0 unspecified atom stereocenters. The van der Waals surface area contributed by atoms with Gasteiger partial charge in [-0.25, -0.2) is 9.97 Å². The van der Waals surface area contributed by atoms with Crippen LogP contribution in [0.2, 0.25) is 0 Å². The van der Waals surface area contributed by atoms with E-state index in [1.807, 2.05) is 0 Å². The Morgan fingerprint density at radius 3 is 2.55 bits per heavy atom.